The second-order valence-corrected chi connectivity index (χ2v) is 5.57. The van der Waals surface area contributed by atoms with Gasteiger partial charge in [-0.25, -0.2) is 8.42 Å². The molecular weight excluding hydrogens is 298 g/mol. The largest absolute Gasteiger partial charge is 0.495 e. The van der Waals surface area contributed by atoms with Crippen LogP contribution in [0.5, 0.6) is 11.5 Å². The molecule has 0 aliphatic carbocycles. The number of halogens is 1. The van der Waals surface area contributed by atoms with Crippen LogP contribution in [0.25, 0.3) is 0 Å². The Morgan fingerprint density at radius 2 is 1.89 bits per heavy atom. The van der Waals surface area contributed by atoms with E-state index in [0.717, 1.165) is 0 Å². The minimum absolute atomic E-state index is 0.0366. The van der Waals surface area contributed by atoms with Gasteiger partial charge < -0.3 is 14.6 Å². The molecule has 7 nitrogen and oxygen atoms in total. The number of anilines is 1. The Morgan fingerprint density at radius 1 is 1.32 bits per heavy atom. The average Bonchev–Trinajstić information content (AvgIpc) is 2.27. The maximum absolute atomic E-state index is 11.5. The molecule has 0 aromatic heterocycles. The van der Waals surface area contributed by atoms with Gasteiger partial charge in [-0.05, 0) is 6.07 Å². The van der Waals surface area contributed by atoms with Crippen molar-refractivity contribution in [1.29, 1.82) is 0 Å². The van der Waals surface area contributed by atoms with Crippen molar-refractivity contribution in [1.82, 2.24) is 0 Å². The first-order valence-corrected chi connectivity index (χ1v) is 6.96. The van der Waals surface area contributed by atoms with Gasteiger partial charge in [-0.2, -0.15) is 0 Å². The van der Waals surface area contributed by atoms with Crippen LogP contribution in [0.3, 0.4) is 0 Å². The highest BCUT2D eigenvalue weighted by atomic mass is 35.5. The van der Waals surface area contributed by atoms with Crippen molar-refractivity contribution in [3.8, 4) is 11.5 Å². The van der Waals surface area contributed by atoms with Gasteiger partial charge in [0.15, 0.2) is 5.75 Å². The van der Waals surface area contributed by atoms with Gasteiger partial charge in [0.2, 0.25) is 10.0 Å². The highest BCUT2D eigenvalue weighted by Crippen LogP contribution is 2.36. The Hall–Kier alpha value is -1.67. The standard InChI is InChI=1S/C10H12ClNO6S/c1-17-8-4-9(18-2)7(3-6(8)11)12-19(15,16)5-10(13)14/h3-4,12H,5H2,1-2H3,(H,13,14). The first kappa shape index (κ1) is 15.4. The van der Waals surface area contributed by atoms with E-state index in [4.69, 9.17) is 26.2 Å². The molecule has 19 heavy (non-hydrogen) atoms. The molecule has 0 heterocycles. The number of methoxy groups -OCH3 is 2. The van der Waals surface area contributed by atoms with Gasteiger partial charge in [-0.1, -0.05) is 11.6 Å². The molecule has 9 heteroatoms. The number of ether oxygens (including phenoxy) is 2. The minimum atomic E-state index is -4.03. The Bertz CT molecular complexity index is 586. The van der Waals surface area contributed by atoms with E-state index in [0.29, 0.717) is 5.75 Å². The number of benzene rings is 1. The number of carboxylic acids is 1. The van der Waals surface area contributed by atoms with Crippen molar-refractivity contribution in [2.24, 2.45) is 0 Å². The van der Waals surface area contributed by atoms with Gasteiger partial charge in [0, 0.05) is 6.07 Å². The lowest BCUT2D eigenvalue weighted by Crippen LogP contribution is -2.22. The zero-order chi connectivity index (χ0) is 14.6. The van der Waals surface area contributed by atoms with Gasteiger partial charge in [0.25, 0.3) is 0 Å². The summed E-state index contributed by atoms with van der Waals surface area (Å²) >= 11 is 5.86. The fourth-order valence-corrected chi connectivity index (χ4v) is 2.44. The number of aliphatic carboxylic acids is 1. The molecule has 0 bridgehead atoms. The molecule has 1 rings (SSSR count). The van der Waals surface area contributed by atoms with Gasteiger partial charge in [0.05, 0.1) is 24.9 Å². The lowest BCUT2D eigenvalue weighted by atomic mass is 10.3. The second kappa shape index (κ2) is 5.98. The summed E-state index contributed by atoms with van der Waals surface area (Å²) in [6.45, 7) is 0. The zero-order valence-electron chi connectivity index (χ0n) is 10.1. The molecule has 0 spiro atoms. The molecule has 1 aromatic carbocycles. The molecule has 0 radical (unpaired) electrons. The maximum atomic E-state index is 11.5. The predicted molar refractivity (Wildman–Crippen MR) is 69.6 cm³/mol. The van der Waals surface area contributed by atoms with E-state index in [9.17, 15) is 13.2 Å². The van der Waals surface area contributed by atoms with Crippen LogP contribution < -0.4 is 14.2 Å². The van der Waals surface area contributed by atoms with E-state index in [2.05, 4.69) is 4.72 Å². The number of hydrogen-bond acceptors (Lipinski definition) is 5. The SMILES string of the molecule is COc1cc(OC)c(NS(=O)(=O)CC(=O)O)cc1Cl. The van der Waals surface area contributed by atoms with Crippen LogP contribution in [-0.4, -0.2) is 39.5 Å². The molecule has 0 saturated carbocycles. The number of rotatable bonds is 6. The van der Waals surface area contributed by atoms with Crippen LogP contribution in [-0.2, 0) is 14.8 Å². The number of carboxylic acid groups (broad SMARTS) is 1. The highest BCUT2D eigenvalue weighted by molar-refractivity contribution is 7.93. The maximum Gasteiger partial charge on any atom is 0.320 e. The molecule has 0 aliphatic heterocycles. The lowest BCUT2D eigenvalue weighted by molar-refractivity contribution is -0.134. The summed E-state index contributed by atoms with van der Waals surface area (Å²) in [4.78, 5) is 10.4. The van der Waals surface area contributed by atoms with Crippen molar-refractivity contribution in [2.75, 3.05) is 24.7 Å². The molecule has 1 aromatic rings. The number of sulfonamides is 1. The second-order valence-electron chi connectivity index (χ2n) is 3.44. The summed E-state index contributed by atoms with van der Waals surface area (Å²) in [5, 5.41) is 8.66. The summed E-state index contributed by atoms with van der Waals surface area (Å²) in [6.07, 6.45) is 0. The van der Waals surface area contributed by atoms with E-state index in [-0.39, 0.29) is 16.5 Å². The quantitative estimate of drug-likeness (QED) is 0.818. The third-order valence-electron chi connectivity index (χ3n) is 2.05. The van der Waals surface area contributed by atoms with Crippen LogP contribution in [0.1, 0.15) is 0 Å². The molecule has 2 N–H and O–H groups in total. The Morgan fingerprint density at radius 3 is 2.37 bits per heavy atom. The van der Waals surface area contributed by atoms with E-state index in [1.807, 2.05) is 0 Å². The van der Waals surface area contributed by atoms with Crippen LogP contribution >= 0.6 is 11.6 Å². The van der Waals surface area contributed by atoms with Gasteiger partial charge >= 0.3 is 5.97 Å². The van der Waals surface area contributed by atoms with Crippen LogP contribution in [0.4, 0.5) is 5.69 Å². The summed E-state index contributed by atoms with van der Waals surface area (Å²) in [5.74, 6) is -2.05. The monoisotopic (exact) mass is 309 g/mol. The highest BCUT2D eigenvalue weighted by Gasteiger charge is 2.19. The number of carbonyl (C=O) groups is 1. The molecule has 0 amide bonds. The van der Waals surface area contributed by atoms with Crippen LogP contribution in [0.15, 0.2) is 12.1 Å². The Labute approximate surface area is 115 Å². The number of hydrogen-bond donors (Lipinski definition) is 2. The van der Waals surface area contributed by atoms with Crippen molar-refractivity contribution in [3.05, 3.63) is 17.2 Å². The molecule has 0 unspecified atom stereocenters. The first-order valence-electron chi connectivity index (χ1n) is 4.93. The van der Waals surface area contributed by atoms with Crippen LogP contribution in [0, 0.1) is 0 Å². The zero-order valence-corrected chi connectivity index (χ0v) is 11.7. The van der Waals surface area contributed by atoms with Crippen molar-refractivity contribution in [2.45, 2.75) is 0 Å². The van der Waals surface area contributed by atoms with Crippen molar-refractivity contribution in [3.63, 3.8) is 0 Å². The predicted octanol–water partition coefficient (Wildman–Crippen LogP) is 1.18. The lowest BCUT2D eigenvalue weighted by Gasteiger charge is -2.13. The third-order valence-corrected chi connectivity index (χ3v) is 3.51. The molecule has 0 aliphatic rings. The molecule has 0 fully saturated rings. The molecule has 0 atom stereocenters. The van der Waals surface area contributed by atoms with E-state index < -0.39 is 21.7 Å². The summed E-state index contributed by atoms with van der Waals surface area (Å²) < 4.78 is 35.1. The summed E-state index contributed by atoms with van der Waals surface area (Å²) in [7, 11) is -1.30. The normalized spacial score (nSPS) is 10.9. The van der Waals surface area contributed by atoms with Gasteiger partial charge in [-0.15, -0.1) is 0 Å². The van der Waals surface area contributed by atoms with Gasteiger partial charge in [0.1, 0.15) is 11.5 Å². The van der Waals surface area contributed by atoms with E-state index >= 15 is 0 Å². The molecular formula is C10H12ClNO6S. The first-order chi connectivity index (χ1) is 8.79. The fraction of sp³-hybridized carbons (Fsp3) is 0.300. The summed E-state index contributed by atoms with van der Waals surface area (Å²) in [5.41, 5.74) is 0.0366. The van der Waals surface area contributed by atoms with Crippen molar-refractivity contribution >= 4 is 33.3 Å². The fourth-order valence-electron chi connectivity index (χ4n) is 1.31. The third kappa shape index (κ3) is 4.18. The molecule has 106 valence electrons. The smallest absolute Gasteiger partial charge is 0.320 e. The topological polar surface area (TPSA) is 102 Å². The Kier molecular flexibility index (Phi) is 4.84. The number of nitrogens with one attached hydrogen (secondary N) is 1. The van der Waals surface area contributed by atoms with Gasteiger partial charge in [-0.3, -0.25) is 9.52 Å². The van der Waals surface area contributed by atoms with E-state index in [1.165, 1.54) is 26.4 Å². The van der Waals surface area contributed by atoms with E-state index in [1.54, 1.807) is 0 Å². The average molecular weight is 310 g/mol. The minimum Gasteiger partial charge on any atom is -0.495 e. The van der Waals surface area contributed by atoms with Crippen LogP contribution in [0.2, 0.25) is 5.02 Å². The summed E-state index contributed by atoms with van der Waals surface area (Å²) in [6, 6.07) is 2.67. The Balaban J connectivity index is 3.14. The molecule has 0 saturated heterocycles. The van der Waals surface area contributed by atoms with Crippen molar-refractivity contribution < 1.29 is 27.8 Å².